The number of morpholine rings is 1. The summed E-state index contributed by atoms with van der Waals surface area (Å²) >= 11 is 0. The predicted octanol–water partition coefficient (Wildman–Crippen LogP) is -0.0209. The highest BCUT2D eigenvalue weighted by Gasteiger charge is 2.25. The van der Waals surface area contributed by atoms with Gasteiger partial charge in [0.2, 0.25) is 11.8 Å². The Balaban J connectivity index is 1.47. The molecule has 3 rings (SSSR count). The Hall–Kier alpha value is -2.15. The SMILES string of the molecule is O=C(CC(=O)N1CCN(c2ccccn2)CC1)N1CCOCC1. The lowest BCUT2D eigenvalue weighted by Crippen LogP contribution is -2.50. The Morgan fingerprint density at radius 3 is 2.22 bits per heavy atom. The van der Waals surface area contributed by atoms with Gasteiger partial charge in [0.05, 0.1) is 13.2 Å². The van der Waals surface area contributed by atoms with Crippen molar-refractivity contribution in [2.45, 2.75) is 6.42 Å². The first-order chi connectivity index (χ1) is 11.2. The highest BCUT2D eigenvalue weighted by atomic mass is 16.5. The predicted molar refractivity (Wildman–Crippen MR) is 85.0 cm³/mol. The van der Waals surface area contributed by atoms with E-state index >= 15 is 0 Å². The van der Waals surface area contributed by atoms with Crippen molar-refractivity contribution in [1.29, 1.82) is 0 Å². The molecule has 0 saturated carbocycles. The zero-order valence-corrected chi connectivity index (χ0v) is 13.2. The van der Waals surface area contributed by atoms with Crippen molar-refractivity contribution in [2.24, 2.45) is 0 Å². The van der Waals surface area contributed by atoms with Gasteiger partial charge >= 0.3 is 0 Å². The number of carbonyl (C=O) groups excluding carboxylic acids is 2. The molecule has 0 bridgehead atoms. The molecule has 3 heterocycles. The van der Waals surface area contributed by atoms with Crippen LogP contribution in [0.5, 0.6) is 0 Å². The third kappa shape index (κ3) is 3.98. The van der Waals surface area contributed by atoms with Crippen LogP contribution < -0.4 is 4.90 Å². The second-order valence-corrected chi connectivity index (χ2v) is 5.73. The van der Waals surface area contributed by atoms with Crippen LogP contribution in [0.1, 0.15) is 6.42 Å². The van der Waals surface area contributed by atoms with Crippen LogP contribution in [-0.4, -0.2) is 79.1 Å². The number of hydrogen-bond donors (Lipinski definition) is 0. The Morgan fingerprint density at radius 1 is 0.957 bits per heavy atom. The first kappa shape index (κ1) is 15.7. The molecule has 0 atom stereocenters. The maximum atomic E-state index is 12.3. The van der Waals surface area contributed by atoms with Crippen molar-refractivity contribution in [2.75, 3.05) is 57.4 Å². The molecule has 2 aliphatic rings. The minimum absolute atomic E-state index is 0.0381. The number of piperazine rings is 1. The average Bonchev–Trinajstić information content (AvgIpc) is 2.63. The summed E-state index contributed by atoms with van der Waals surface area (Å²) in [4.78, 5) is 34.4. The van der Waals surface area contributed by atoms with Gasteiger partial charge in [0.1, 0.15) is 12.2 Å². The molecule has 0 N–H and O–H groups in total. The quantitative estimate of drug-likeness (QED) is 0.733. The van der Waals surface area contributed by atoms with E-state index in [1.165, 1.54) is 0 Å². The zero-order chi connectivity index (χ0) is 16.1. The smallest absolute Gasteiger partial charge is 0.232 e. The van der Waals surface area contributed by atoms with Gasteiger partial charge in [-0.25, -0.2) is 4.98 Å². The molecule has 0 radical (unpaired) electrons. The standard InChI is InChI=1S/C16H22N4O3/c21-15(13-16(22)20-9-11-23-12-10-20)19-7-5-18(6-8-19)14-3-1-2-4-17-14/h1-4H,5-13H2. The first-order valence-electron chi connectivity index (χ1n) is 8.03. The van der Waals surface area contributed by atoms with Gasteiger partial charge in [-0.3, -0.25) is 9.59 Å². The lowest BCUT2D eigenvalue weighted by molar-refractivity contribution is -0.143. The Bertz CT molecular complexity index is 538. The van der Waals surface area contributed by atoms with E-state index in [1.54, 1.807) is 16.0 Å². The molecule has 23 heavy (non-hydrogen) atoms. The van der Waals surface area contributed by atoms with Crippen LogP contribution in [0.2, 0.25) is 0 Å². The third-order valence-electron chi connectivity index (χ3n) is 4.27. The van der Waals surface area contributed by atoms with Gasteiger partial charge in [0.25, 0.3) is 0 Å². The van der Waals surface area contributed by atoms with E-state index in [9.17, 15) is 9.59 Å². The van der Waals surface area contributed by atoms with E-state index in [0.29, 0.717) is 39.4 Å². The van der Waals surface area contributed by atoms with Gasteiger partial charge in [0, 0.05) is 45.5 Å². The van der Waals surface area contributed by atoms with Gasteiger partial charge < -0.3 is 19.4 Å². The summed E-state index contributed by atoms with van der Waals surface area (Å²) in [5, 5.41) is 0. The van der Waals surface area contributed by atoms with Crippen LogP contribution in [-0.2, 0) is 14.3 Å². The molecular weight excluding hydrogens is 296 g/mol. The number of amides is 2. The topological polar surface area (TPSA) is 66.0 Å². The van der Waals surface area contributed by atoms with Crippen molar-refractivity contribution in [1.82, 2.24) is 14.8 Å². The van der Waals surface area contributed by atoms with E-state index in [4.69, 9.17) is 4.74 Å². The number of ether oxygens (including phenoxy) is 1. The number of nitrogens with zero attached hydrogens (tertiary/aromatic N) is 4. The van der Waals surface area contributed by atoms with E-state index in [1.807, 2.05) is 18.2 Å². The fourth-order valence-electron chi connectivity index (χ4n) is 2.89. The van der Waals surface area contributed by atoms with Crippen molar-refractivity contribution in [3.8, 4) is 0 Å². The summed E-state index contributed by atoms with van der Waals surface area (Å²) < 4.78 is 5.22. The van der Waals surface area contributed by atoms with Crippen LogP contribution >= 0.6 is 0 Å². The largest absolute Gasteiger partial charge is 0.378 e. The average molecular weight is 318 g/mol. The molecule has 7 heteroatoms. The molecule has 1 aromatic rings. The summed E-state index contributed by atoms with van der Waals surface area (Å²) in [6.45, 7) is 5.03. The maximum Gasteiger partial charge on any atom is 0.232 e. The molecule has 0 aromatic carbocycles. The van der Waals surface area contributed by atoms with Gasteiger partial charge in [-0.15, -0.1) is 0 Å². The van der Waals surface area contributed by atoms with Gasteiger partial charge in [-0.2, -0.15) is 0 Å². The number of anilines is 1. The highest BCUT2D eigenvalue weighted by Crippen LogP contribution is 2.13. The first-order valence-corrected chi connectivity index (χ1v) is 8.03. The molecule has 1 aromatic heterocycles. The second kappa shape index (κ2) is 7.41. The molecule has 0 aliphatic carbocycles. The number of pyridine rings is 1. The van der Waals surface area contributed by atoms with Gasteiger partial charge in [0.15, 0.2) is 0 Å². The van der Waals surface area contributed by atoms with Crippen molar-refractivity contribution in [3.05, 3.63) is 24.4 Å². The number of aromatic nitrogens is 1. The summed E-state index contributed by atoms with van der Waals surface area (Å²) in [7, 11) is 0. The third-order valence-corrected chi connectivity index (χ3v) is 4.27. The van der Waals surface area contributed by atoms with Crippen LogP contribution in [0, 0.1) is 0 Å². The fraction of sp³-hybridized carbons (Fsp3) is 0.562. The lowest BCUT2D eigenvalue weighted by atomic mass is 10.2. The van der Waals surface area contributed by atoms with Crippen LogP contribution in [0.25, 0.3) is 0 Å². The minimum Gasteiger partial charge on any atom is -0.378 e. The molecule has 2 aliphatic heterocycles. The molecular formula is C16H22N4O3. The Morgan fingerprint density at radius 2 is 1.61 bits per heavy atom. The zero-order valence-electron chi connectivity index (χ0n) is 13.2. The van der Waals surface area contributed by atoms with Crippen LogP contribution in [0.15, 0.2) is 24.4 Å². The van der Waals surface area contributed by atoms with Gasteiger partial charge in [-0.1, -0.05) is 6.07 Å². The van der Waals surface area contributed by atoms with E-state index < -0.39 is 0 Å². The monoisotopic (exact) mass is 318 g/mol. The molecule has 2 fully saturated rings. The Labute approximate surface area is 135 Å². The van der Waals surface area contributed by atoms with Crippen molar-refractivity contribution < 1.29 is 14.3 Å². The summed E-state index contributed by atoms with van der Waals surface area (Å²) in [5.41, 5.74) is 0. The normalized spacial score (nSPS) is 18.9. The van der Waals surface area contributed by atoms with Crippen LogP contribution in [0.3, 0.4) is 0 Å². The molecule has 2 saturated heterocycles. The number of hydrogen-bond acceptors (Lipinski definition) is 5. The van der Waals surface area contributed by atoms with E-state index in [-0.39, 0.29) is 18.2 Å². The fourth-order valence-corrected chi connectivity index (χ4v) is 2.89. The van der Waals surface area contributed by atoms with Crippen molar-refractivity contribution in [3.63, 3.8) is 0 Å². The second-order valence-electron chi connectivity index (χ2n) is 5.73. The number of carbonyl (C=O) groups is 2. The van der Waals surface area contributed by atoms with E-state index in [2.05, 4.69) is 9.88 Å². The Kier molecular flexibility index (Phi) is 5.07. The summed E-state index contributed by atoms with van der Waals surface area (Å²) in [6.07, 6.45) is 1.73. The molecule has 0 unspecified atom stereocenters. The molecule has 2 amide bonds. The number of rotatable bonds is 3. The van der Waals surface area contributed by atoms with Gasteiger partial charge in [-0.05, 0) is 12.1 Å². The highest BCUT2D eigenvalue weighted by molar-refractivity contribution is 5.97. The van der Waals surface area contributed by atoms with Crippen molar-refractivity contribution >= 4 is 17.6 Å². The summed E-state index contributed by atoms with van der Waals surface area (Å²) in [6, 6.07) is 5.82. The molecule has 7 nitrogen and oxygen atoms in total. The summed E-state index contributed by atoms with van der Waals surface area (Å²) in [5.74, 6) is 0.761. The minimum atomic E-state index is -0.0922. The van der Waals surface area contributed by atoms with E-state index in [0.717, 1.165) is 18.9 Å². The molecule has 0 spiro atoms. The lowest BCUT2D eigenvalue weighted by Gasteiger charge is -2.35. The molecule has 124 valence electrons. The maximum absolute atomic E-state index is 12.3. The van der Waals surface area contributed by atoms with Crippen LogP contribution in [0.4, 0.5) is 5.82 Å².